The molecule has 0 radical (unpaired) electrons. The van der Waals surface area contributed by atoms with E-state index in [1.54, 1.807) is 18.3 Å². The SMILES string of the molecule is Nc1cn(C(=O)c2cccnc2)nc1C(=O)NC1CC1. The zero-order valence-electron chi connectivity index (χ0n) is 10.6. The molecule has 0 aromatic carbocycles. The van der Waals surface area contributed by atoms with Crippen LogP contribution in [0.5, 0.6) is 0 Å². The van der Waals surface area contributed by atoms with E-state index in [0.29, 0.717) is 5.56 Å². The largest absolute Gasteiger partial charge is 0.395 e. The average Bonchev–Trinajstić information content (AvgIpc) is 3.18. The van der Waals surface area contributed by atoms with Gasteiger partial charge in [-0.15, -0.1) is 0 Å². The summed E-state index contributed by atoms with van der Waals surface area (Å²) in [5.74, 6) is -0.724. The van der Waals surface area contributed by atoms with Crippen molar-refractivity contribution >= 4 is 17.5 Å². The molecule has 3 N–H and O–H groups in total. The molecule has 0 aliphatic heterocycles. The van der Waals surface area contributed by atoms with Crippen molar-refractivity contribution in [3.63, 3.8) is 0 Å². The van der Waals surface area contributed by atoms with Gasteiger partial charge in [-0.1, -0.05) is 0 Å². The van der Waals surface area contributed by atoms with E-state index in [1.807, 2.05) is 0 Å². The summed E-state index contributed by atoms with van der Waals surface area (Å²) in [5, 5.41) is 6.75. The maximum Gasteiger partial charge on any atom is 0.279 e. The summed E-state index contributed by atoms with van der Waals surface area (Å²) in [5.41, 5.74) is 6.38. The Bertz CT molecular complexity index is 661. The molecule has 2 heterocycles. The summed E-state index contributed by atoms with van der Waals surface area (Å²) in [4.78, 5) is 27.9. The Morgan fingerprint density at radius 1 is 1.40 bits per heavy atom. The smallest absolute Gasteiger partial charge is 0.279 e. The van der Waals surface area contributed by atoms with Crippen molar-refractivity contribution in [1.82, 2.24) is 20.1 Å². The summed E-state index contributed by atoms with van der Waals surface area (Å²) < 4.78 is 1.06. The van der Waals surface area contributed by atoms with Crippen LogP contribution in [-0.4, -0.2) is 32.6 Å². The minimum atomic E-state index is -0.379. The van der Waals surface area contributed by atoms with Gasteiger partial charge in [0, 0.05) is 18.4 Å². The first kappa shape index (κ1) is 12.3. The monoisotopic (exact) mass is 271 g/mol. The number of hydrogen-bond donors (Lipinski definition) is 2. The molecule has 1 aliphatic rings. The fourth-order valence-corrected chi connectivity index (χ4v) is 1.77. The topological polar surface area (TPSA) is 103 Å². The molecule has 0 spiro atoms. The number of nitrogens with zero attached hydrogens (tertiary/aromatic N) is 3. The maximum atomic E-state index is 12.1. The summed E-state index contributed by atoms with van der Waals surface area (Å²) in [7, 11) is 0. The Labute approximate surface area is 114 Å². The molecular formula is C13H13N5O2. The van der Waals surface area contributed by atoms with Crippen LogP contribution in [0.1, 0.15) is 33.7 Å². The standard InChI is InChI=1S/C13H13N5O2/c14-10-7-18(13(20)8-2-1-5-15-6-8)17-11(10)12(19)16-9-3-4-9/h1-2,5-7,9H,3-4,14H2,(H,16,19). The molecule has 0 saturated heterocycles. The first-order chi connectivity index (χ1) is 9.65. The third-order valence-electron chi connectivity index (χ3n) is 2.99. The van der Waals surface area contributed by atoms with Crippen LogP contribution in [0.4, 0.5) is 5.69 Å². The number of anilines is 1. The number of hydrogen-bond acceptors (Lipinski definition) is 5. The Hall–Kier alpha value is -2.70. The molecule has 1 aliphatic carbocycles. The predicted molar refractivity (Wildman–Crippen MR) is 71.1 cm³/mol. The zero-order chi connectivity index (χ0) is 14.1. The van der Waals surface area contributed by atoms with Gasteiger partial charge in [-0.3, -0.25) is 14.6 Å². The van der Waals surface area contributed by atoms with Crippen molar-refractivity contribution in [2.75, 3.05) is 5.73 Å². The van der Waals surface area contributed by atoms with E-state index in [-0.39, 0.29) is 29.2 Å². The molecular weight excluding hydrogens is 258 g/mol. The Morgan fingerprint density at radius 2 is 2.20 bits per heavy atom. The van der Waals surface area contributed by atoms with Crippen LogP contribution in [0.15, 0.2) is 30.7 Å². The number of carbonyl (C=O) groups excluding carboxylic acids is 2. The third-order valence-corrected chi connectivity index (χ3v) is 2.99. The van der Waals surface area contributed by atoms with Crippen LogP contribution in [0.2, 0.25) is 0 Å². The van der Waals surface area contributed by atoms with Crippen molar-refractivity contribution in [3.05, 3.63) is 42.0 Å². The van der Waals surface area contributed by atoms with Gasteiger partial charge < -0.3 is 11.1 Å². The lowest BCUT2D eigenvalue weighted by molar-refractivity contribution is 0.0935. The van der Waals surface area contributed by atoms with Gasteiger partial charge in [-0.2, -0.15) is 5.10 Å². The number of nitrogens with one attached hydrogen (secondary N) is 1. The van der Waals surface area contributed by atoms with Crippen LogP contribution in [-0.2, 0) is 0 Å². The van der Waals surface area contributed by atoms with Gasteiger partial charge in [-0.25, -0.2) is 4.68 Å². The van der Waals surface area contributed by atoms with E-state index in [2.05, 4.69) is 15.4 Å². The molecule has 7 nitrogen and oxygen atoms in total. The van der Waals surface area contributed by atoms with E-state index in [4.69, 9.17) is 5.73 Å². The molecule has 1 amide bonds. The lowest BCUT2D eigenvalue weighted by atomic mass is 10.3. The van der Waals surface area contributed by atoms with Gasteiger partial charge in [0.25, 0.3) is 11.8 Å². The Balaban J connectivity index is 1.84. The van der Waals surface area contributed by atoms with Crippen molar-refractivity contribution in [2.45, 2.75) is 18.9 Å². The van der Waals surface area contributed by atoms with Gasteiger partial charge in [0.1, 0.15) is 0 Å². The van der Waals surface area contributed by atoms with E-state index < -0.39 is 0 Å². The molecule has 102 valence electrons. The second-order valence-corrected chi connectivity index (χ2v) is 4.67. The number of aromatic nitrogens is 3. The summed E-state index contributed by atoms with van der Waals surface area (Å²) in [6, 6.07) is 3.49. The highest BCUT2D eigenvalue weighted by atomic mass is 16.2. The fourth-order valence-electron chi connectivity index (χ4n) is 1.77. The first-order valence-corrected chi connectivity index (χ1v) is 6.26. The molecule has 0 unspecified atom stereocenters. The van der Waals surface area contributed by atoms with Gasteiger partial charge in [0.05, 0.1) is 17.4 Å². The average molecular weight is 271 g/mol. The first-order valence-electron chi connectivity index (χ1n) is 6.26. The van der Waals surface area contributed by atoms with Crippen molar-refractivity contribution in [1.29, 1.82) is 0 Å². The highest BCUT2D eigenvalue weighted by Gasteiger charge is 2.26. The van der Waals surface area contributed by atoms with Crippen molar-refractivity contribution in [2.24, 2.45) is 0 Å². The van der Waals surface area contributed by atoms with Crippen LogP contribution < -0.4 is 11.1 Å². The van der Waals surface area contributed by atoms with Crippen LogP contribution in [0, 0.1) is 0 Å². The lowest BCUT2D eigenvalue weighted by Gasteiger charge is -2.00. The lowest BCUT2D eigenvalue weighted by Crippen LogP contribution is -2.27. The Morgan fingerprint density at radius 3 is 2.85 bits per heavy atom. The number of rotatable bonds is 3. The van der Waals surface area contributed by atoms with Crippen LogP contribution in [0.25, 0.3) is 0 Å². The molecule has 0 atom stereocenters. The molecule has 3 rings (SSSR count). The highest BCUT2D eigenvalue weighted by Crippen LogP contribution is 2.20. The quantitative estimate of drug-likeness (QED) is 0.843. The van der Waals surface area contributed by atoms with E-state index in [1.165, 1.54) is 12.4 Å². The second kappa shape index (κ2) is 4.76. The highest BCUT2D eigenvalue weighted by molar-refractivity contribution is 6.00. The van der Waals surface area contributed by atoms with Gasteiger partial charge >= 0.3 is 0 Å². The summed E-state index contributed by atoms with van der Waals surface area (Å²) in [6.07, 6.45) is 6.30. The molecule has 20 heavy (non-hydrogen) atoms. The normalized spacial score (nSPS) is 14.0. The van der Waals surface area contributed by atoms with Crippen LogP contribution >= 0.6 is 0 Å². The molecule has 1 saturated carbocycles. The summed E-state index contributed by atoms with van der Waals surface area (Å²) in [6.45, 7) is 0. The minimum absolute atomic E-state index is 0.0779. The summed E-state index contributed by atoms with van der Waals surface area (Å²) >= 11 is 0. The number of nitrogen functional groups attached to an aromatic ring is 1. The zero-order valence-corrected chi connectivity index (χ0v) is 10.6. The van der Waals surface area contributed by atoms with E-state index in [9.17, 15) is 9.59 Å². The number of amides is 1. The fraction of sp³-hybridized carbons (Fsp3) is 0.231. The van der Waals surface area contributed by atoms with Gasteiger partial charge in [0.2, 0.25) is 0 Å². The van der Waals surface area contributed by atoms with E-state index >= 15 is 0 Å². The number of carbonyl (C=O) groups is 2. The third kappa shape index (κ3) is 2.37. The molecule has 2 aromatic heterocycles. The number of nitrogens with two attached hydrogens (primary N) is 1. The van der Waals surface area contributed by atoms with E-state index in [0.717, 1.165) is 17.5 Å². The second-order valence-electron chi connectivity index (χ2n) is 4.67. The molecule has 7 heteroatoms. The number of pyridine rings is 1. The predicted octanol–water partition coefficient (Wildman–Crippen LogP) is 0.441. The maximum absolute atomic E-state index is 12.1. The molecule has 1 fully saturated rings. The minimum Gasteiger partial charge on any atom is -0.395 e. The van der Waals surface area contributed by atoms with Crippen molar-refractivity contribution < 1.29 is 9.59 Å². The Kier molecular flexibility index (Phi) is 2.94. The van der Waals surface area contributed by atoms with Crippen molar-refractivity contribution in [3.8, 4) is 0 Å². The van der Waals surface area contributed by atoms with Gasteiger partial charge in [-0.05, 0) is 25.0 Å². The molecule has 0 bridgehead atoms. The van der Waals surface area contributed by atoms with Gasteiger partial charge in [0.15, 0.2) is 5.69 Å². The molecule has 2 aromatic rings. The van der Waals surface area contributed by atoms with Crippen LogP contribution in [0.3, 0.4) is 0 Å².